The summed E-state index contributed by atoms with van der Waals surface area (Å²) in [5.74, 6) is 0. The average Bonchev–Trinajstić information content (AvgIpc) is 2.34. The molecule has 2 nitrogen and oxygen atoms in total. The number of hydrogen-bond donors (Lipinski definition) is 1. The van der Waals surface area contributed by atoms with Crippen LogP contribution in [0.5, 0.6) is 0 Å². The zero-order chi connectivity index (χ0) is 11.8. The van der Waals surface area contributed by atoms with Gasteiger partial charge in [0.15, 0.2) is 0 Å². The topological polar surface area (TPSA) is 35.8 Å². The predicted molar refractivity (Wildman–Crippen MR) is 68.0 cm³/mol. The van der Waals surface area contributed by atoms with Crippen molar-refractivity contribution in [3.63, 3.8) is 0 Å². The number of hydrogen-bond acceptors (Lipinski definition) is 2. The molecular formula is C14H18N2. The van der Waals surface area contributed by atoms with Gasteiger partial charge in [0.25, 0.3) is 0 Å². The Morgan fingerprint density at radius 3 is 2.88 bits per heavy atom. The molecule has 0 spiro atoms. The summed E-state index contributed by atoms with van der Waals surface area (Å²) < 4.78 is 0. The molecule has 1 aromatic rings. The molecule has 1 aromatic carbocycles. The van der Waals surface area contributed by atoms with E-state index in [1.165, 1.54) is 5.57 Å². The maximum atomic E-state index is 8.81. The third-order valence-corrected chi connectivity index (χ3v) is 2.44. The van der Waals surface area contributed by atoms with E-state index in [1.807, 2.05) is 24.3 Å². The van der Waals surface area contributed by atoms with Crippen LogP contribution < -0.4 is 5.32 Å². The van der Waals surface area contributed by atoms with E-state index < -0.39 is 0 Å². The Kier molecular flexibility index (Phi) is 5.31. The Balaban J connectivity index is 2.82. The molecule has 0 aliphatic heterocycles. The highest BCUT2D eigenvalue weighted by Gasteiger charge is 1.96. The Morgan fingerprint density at radius 1 is 1.44 bits per heavy atom. The monoisotopic (exact) mass is 214 g/mol. The highest BCUT2D eigenvalue weighted by atomic mass is 14.8. The third-order valence-electron chi connectivity index (χ3n) is 2.44. The lowest BCUT2D eigenvalue weighted by Gasteiger charge is -2.05. The van der Waals surface area contributed by atoms with Crippen molar-refractivity contribution in [2.75, 3.05) is 13.1 Å². The summed E-state index contributed by atoms with van der Waals surface area (Å²) in [6, 6.07) is 9.85. The first-order valence-electron chi connectivity index (χ1n) is 5.70. The van der Waals surface area contributed by atoms with Crippen molar-refractivity contribution < 1.29 is 0 Å². The molecule has 84 valence electrons. The summed E-state index contributed by atoms with van der Waals surface area (Å²) in [5.41, 5.74) is 3.18. The molecule has 2 heteroatoms. The SMILES string of the molecule is CCNCC(=Cc1cccc(C#N)c1)CC. The van der Waals surface area contributed by atoms with Gasteiger partial charge in [0, 0.05) is 6.54 Å². The van der Waals surface area contributed by atoms with Crippen molar-refractivity contribution in [2.24, 2.45) is 0 Å². The molecule has 1 N–H and O–H groups in total. The van der Waals surface area contributed by atoms with E-state index in [0.29, 0.717) is 5.56 Å². The summed E-state index contributed by atoms with van der Waals surface area (Å²) in [4.78, 5) is 0. The smallest absolute Gasteiger partial charge is 0.0991 e. The van der Waals surface area contributed by atoms with Crippen LogP contribution in [0.2, 0.25) is 0 Å². The molecule has 0 atom stereocenters. The van der Waals surface area contributed by atoms with Gasteiger partial charge < -0.3 is 5.32 Å². The number of nitrogens with one attached hydrogen (secondary N) is 1. The van der Waals surface area contributed by atoms with Crippen LogP contribution in [0, 0.1) is 11.3 Å². The van der Waals surface area contributed by atoms with E-state index in [9.17, 15) is 0 Å². The molecule has 16 heavy (non-hydrogen) atoms. The van der Waals surface area contributed by atoms with Crippen LogP contribution >= 0.6 is 0 Å². The van der Waals surface area contributed by atoms with Gasteiger partial charge in [0.1, 0.15) is 0 Å². The summed E-state index contributed by atoms with van der Waals surface area (Å²) in [6.45, 7) is 6.15. The maximum Gasteiger partial charge on any atom is 0.0991 e. The fraction of sp³-hybridized carbons (Fsp3) is 0.357. The second-order valence-electron chi connectivity index (χ2n) is 3.67. The second-order valence-corrected chi connectivity index (χ2v) is 3.67. The highest BCUT2D eigenvalue weighted by Crippen LogP contribution is 2.11. The van der Waals surface area contributed by atoms with Gasteiger partial charge in [0.05, 0.1) is 11.6 Å². The molecule has 0 radical (unpaired) electrons. The zero-order valence-corrected chi connectivity index (χ0v) is 9.96. The van der Waals surface area contributed by atoms with Gasteiger partial charge in [-0.3, -0.25) is 0 Å². The van der Waals surface area contributed by atoms with Crippen molar-refractivity contribution in [1.29, 1.82) is 5.26 Å². The van der Waals surface area contributed by atoms with Gasteiger partial charge >= 0.3 is 0 Å². The van der Waals surface area contributed by atoms with Gasteiger partial charge in [-0.2, -0.15) is 5.26 Å². The van der Waals surface area contributed by atoms with Crippen LogP contribution in [0.15, 0.2) is 29.8 Å². The number of nitriles is 1. The predicted octanol–water partition coefficient (Wildman–Crippen LogP) is 2.96. The fourth-order valence-corrected chi connectivity index (χ4v) is 1.50. The molecule has 0 unspecified atom stereocenters. The van der Waals surface area contributed by atoms with Gasteiger partial charge in [-0.05, 0) is 30.7 Å². The first-order chi connectivity index (χ1) is 7.80. The molecule has 0 saturated carbocycles. The highest BCUT2D eigenvalue weighted by molar-refractivity contribution is 5.55. The van der Waals surface area contributed by atoms with Gasteiger partial charge in [-0.25, -0.2) is 0 Å². The van der Waals surface area contributed by atoms with E-state index >= 15 is 0 Å². The Labute approximate surface area is 97.6 Å². The molecule has 0 amide bonds. The first-order valence-corrected chi connectivity index (χ1v) is 5.70. The Morgan fingerprint density at radius 2 is 2.25 bits per heavy atom. The van der Waals surface area contributed by atoms with E-state index in [4.69, 9.17) is 5.26 Å². The van der Waals surface area contributed by atoms with Crippen molar-refractivity contribution in [2.45, 2.75) is 20.3 Å². The van der Waals surface area contributed by atoms with Crippen LogP contribution in [0.1, 0.15) is 31.4 Å². The molecule has 0 aliphatic carbocycles. The molecular weight excluding hydrogens is 196 g/mol. The minimum Gasteiger partial charge on any atom is -0.313 e. The van der Waals surface area contributed by atoms with E-state index in [1.54, 1.807) is 0 Å². The van der Waals surface area contributed by atoms with E-state index in [-0.39, 0.29) is 0 Å². The summed E-state index contributed by atoms with van der Waals surface area (Å²) in [7, 11) is 0. The number of likely N-dealkylation sites (N-methyl/N-ethyl adjacent to an activating group) is 1. The van der Waals surface area contributed by atoms with Crippen LogP contribution in [-0.4, -0.2) is 13.1 Å². The maximum absolute atomic E-state index is 8.81. The molecule has 0 saturated heterocycles. The van der Waals surface area contributed by atoms with Gasteiger partial charge in [0.2, 0.25) is 0 Å². The second kappa shape index (κ2) is 6.81. The lowest BCUT2D eigenvalue weighted by Crippen LogP contribution is -2.15. The lowest BCUT2D eigenvalue weighted by atomic mass is 10.1. The number of benzene rings is 1. The molecule has 0 heterocycles. The minimum atomic E-state index is 0.715. The van der Waals surface area contributed by atoms with E-state index in [2.05, 4.69) is 31.3 Å². The molecule has 0 bridgehead atoms. The fourth-order valence-electron chi connectivity index (χ4n) is 1.50. The lowest BCUT2D eigenvalue weighted by molar-refractivity contribution is 0.762. The zero-order valence-electron chi connectivity index (χ0n) is 9.96. The van der Waals surface area contributed by atoms with Crippen LogP contribution in [0.25, 0.3) is 6.08 Å². The van der Waals surface area contributed by atoms with Crippen LogP contribution in [-0.2, 0) is 0 Å². The third kappa shape index (κ3) is 3.88. The minimum absolute atomic E-state index is 0.715. The van der Waals surface area contributed by atoms with Crippen LogP contribution in [0.4, 0.5) is 0 Å². The number of rotatable bonds is 5. The van der Waals surface area contributed by atoms with Crippen molar-refractivity contribution >= 4 is 6.08 Å². The number of nitrogens with zero attached hydrogens (tertiary/aromatic N) is 1. The van der Waals surface area contributed by atoms with Crippen LogP contribution in [0.3, 0.4) is 0 Å². The standard InChI is InChI=1S/C14H18N2/c1-3-12(11-16-4-2)8-13-6-5-7-14(9-13)10-15/h5-9,16H,3-4,11H2,1-2H3. The summed E-state index contributed by atoms with van der Waals surface area (Å²) >= 11 is 0. The largest absolute Gasteiger partial charge is 0.313 e. The summed E-state index contributed by atoms with van der Waals surface area (Å²) in [6.07, 6.45) is 3.19. The normalized spacial score (nSPS) is 11.2. The molecule has 0 aliphatic rings. The Bertz CT molecular complexity index is 399. The molecule has 1 rings (SSSR count). The first kappa shape index (κ1) is 12.5. The van der Waals surface area contributed by atoms with Crippen molar-refractivity contribution in [3.05, 3.63) is 41.0 Å². The van der Waals surface area contributed by atoms with Crippen molar-refractivity contribution in [3.8, 4) is 6.07 Å². The average molecular weight is 214 g/mol. The van der Waals surface area contributed by atoms with Crippen molar-refractivity contribution in [1.82, 2.24) is 5.32 Å². The molecule has 0 fully saturated rings. The Hall–Kier alpha value is -1.59. The summed E-state index contributed by atoms with van der Waals surface area (Å²) in [5, 5.41) is 12.1. The van der Waals surface area contributed by atoms with E-state index in [0.717, 1.165) is 25.1 Å². The van der Waals surface area contributed by atoms with Gasteiger partial charge in [-0.1, -0.05) is 37.6 Å². The molecule has 0 aromatic heterocycles. The van der Waals surface area contributed by atoms with Gasteiger partial charge in [-0.15, -0.1) is 0 Å². The quantitative estimate of drug-likeness (QED) is 0.818.